The lowest BCUT2D eigenvalue weighted by atomic mass is 9.69. The summed E-state index contributed by atoms with van der Waals surface area (Å²) in [5.74, 6) is -3.41. The van der Waals surface area contributed by atoms with E-state index in [0.29, 0.717) is 55.6 Å². The van der Waals surface area contributed by atoms with Gasteiger partial charge in [-0.1, -0.05) is 56.6 Å². The molecule has 0 saturated heterocycles. The zero-order valence-corrected chi connectivity index (χ0v) is 47.3. The predicted octanol–water partition coefficient (Wildman–Crippen LogP) is 9.03. The Balaban J connectivity index is 1.83. The standard InChI is InChI=1S/C44H57I3N2O14S4/c1-5-6-18-31(42(50)51)44(4)37(49(25-14-17-28-66(58,59)60)35-29-33(46)41(67(61,62)63)40(47)39(35)44)20-11-9-7-8-10-19-36-43(3,23-12-15-26-64(52,53)54)38-30(2)32(45)21-22-34(38)48(36)24-13-16-27-65(55,56)57/h7-11,19-22,29,31H,5-6,12-18,23-28H2,1-4H3,(H4-,50,51,52,53,54,55,56,57,58,59,60,61,62,63)/p+1. The number of nitrogens with zero attached hydrogens (tertiary/aromatic N) is 2. The van der Waals surface area contributed by atoms with Crippen molar-refractivity contribution in [1.82, 2.24) is 0 Å². The number of hydrogen-bond donors (Lipinski definition) is 5. The van der Waals surface area contributed by atoms with Gasteiger partial charge in [0.25, 0.3) is 40.5 Å². The van der Waals surface area contributed by atoms with Gasteiger partial charge in [-0.25, -0.2) is 0 Å². The molecule has 0 spiro atoms. The van der Waals surface area contributed by atoms with Gasteiger partial charge in [-0.3, -0.25) is 23.0 Å². The normalized spacial score (nSPS) is 20.3. The number of aliphatic carboxylic acids is 1. The van der Waals surface area contributed by atoms with E-state index in [-0.39, 0.29) is 62.2 Å². The second kappa shape index (κ2) is 23.6. The van der Waals surface area contributed by atoms with Crippen molar-refractivity contribution in [2.45, 2.75) is 108 Å². The first-order valence-electron chi connectivity index (χ1n) is 21.5. The zero-order chi connectivity index (χ0) is 50.3. The molecule has 16 nitrogen and oxygen atoms in total. The number of anilines is 1. The molecule has 4 rings (SSSR count). The SMILES string of the molecule is CCCCC(C(=O)O)C1(C)/C(=C/C=C/C=C/C=C/C2=[N+](CCCCS(=O)(=O)O)c3ccc(I)c(C)c3C2(C)CCCCS(=O)(=O)O)N(CCCCS(=O)(=O)O)c2cc(I)c(S(=O)(=O)O)c(I)c21. The summed E-state index contributed by atoms with van der Waals surface area (Å²) in [4.78, 5) is 14.7. The van der Waals surface area contributed by atoms with Gasteiger partial charge in [0.15, 0.2) is 5.71 Å². The monoisotopic (exact) mass is 1350 g/mol. The Bertz CT molecular complexity index is 2830. The van der Waals surface area contributed by atoms with Crippen molar-refractivity contribution < 1.29 is 66.4 Å². The van der Waals surface area contributed by atoms with Crippen molar-refractivity contribution in [3.05, 3.63) is 93.8 Å². The molecule has 372 valence electrons. The molecule has 23 heteroatoms. The van der Waals surface area contributed by atoms with E-state index >= 15 is 0 Å². The molecule has 0 aromatic heterocycles. The lowest BCUT2D eigenvalue weighted by molar-refractivity contribution is -0.438. The van der Waals surface area contributed by atoms with Crippen LogP contribution in [0.3, 0.4) is 0 Å². The van der Waals surface area contributed by atoms with Gasteiger partial charge in [0.05, 0.1) is 28.6 Å². The van der Waals surface area contributed by atoms with Crippen LogP contribution in [0, 0.1) is 23.6 Å². The van der Waals surface area contributed by atoms with E-state index in [2.05, 4.69) is 34.1 Å². The average Bonchev–Trinajstić information content (AvgIpc) is 3.56. The number of benzene rings is 2. The summed E-state index contributed by atoms with van der Waals surface area (Å²) >= 11 is 5.93. The number of fused-ring (bicyclic) bond motifs is 2. The van der Waals surface area contributed by atoms with Gasteiger partial charge in [-0.2, -0.15) is 38.2 Å². The van der Waals surface area contributed by atoms with Crippen molar-refractivity contribution in [3.8, 4) is 0 Å². The summed E-state index contributed by atoms with van der Waals surface area (Å²) in [7, 11) is -17.3. The molecule has 0 bridgehead atoms. The number of unbranched alkanes of at least 4 members (excludes halogenated alkanes) is 4. The molecule has 0 fully saturated rings. The van der Waals surface area contributed by atoms with E-state index in [0.717, 1.165) is 26.1 Å². The van der Waals surface area contributed by atoms with E-state index in [1.54, 1.807) is 43.4 Å². The van der Waals surface area contributed by atoms with Crippen LogP contribution in [0.2, 0.25) is 0 Å². The van der Waals surface area contributed by atoms with Crippen LogP contribution in [0.15, 0.2) is 71.3 Å². The Kier molecular flexibility index (Phi) is 20.3. The molecule has 3 unspecified atom stereocenters. The third kappa shape index (κ3) is 14.6. The molecule has 3 atom stereocenters. The van der Waals surface area contributed by atoms with Crippen molar-refractivity contribution in [2.75, 3.05) is 35.2 Å². The van der Waals surface area contributed by atoms with Crippen molar-refractivity contribution >= 4 is 131 Å². The Morgan fingerprint density at radius 3 is 1.90 bits per heavy atom. The zero-order valence-electron chi connectivity index (χ0n) is 37.5. The molecule has 2 aliphatic rings. The summed E-state index contributed by atoms with van der Waals surface area (Å²) in [5.41, 5.74) is 3.36. The summed E-state index contributed by atoms with van der Waals surface area (Å²) < 4.78 is 137. The van der Waals surface area contributed by atoms with Crippen LogP contribution in [0.25, 0.3) is 0 Å². The highest BCUT2D eigenvalue weighted by Gasteiger charge is 2.53. The van der Waals surface area contributed by atoms with Crippen LogP contribution < -0.4 is 4.90 Å². The first-order chi connectivity index (χ1) is 31.0. The Morgan fingerprint density at radius 1 is 0.761 bits per heavy atom. The predicted molar refractivity (Wildman–Crippen MR) is 285 cm³/mol. The molecule has 5 N–H and O–H groups in total. The maximum atomic E-state index is 13.2. The van der Waals surface area contributed by atoms with Crippen molar-refractivity contribution in [3.63, 3.8) is 0 Å². The second-order valence-electron chi connectivity index (χ2n) is 17.1. The van der Waals surface area contributed by atoms with Crippen LogP contribution in [0.5, 0.6) is 0 Å². The minimum atomic E-state index is -4.75. The number of rotatable bonds is 25. The molecule has 2 aromatic rings. The molecule has 2 aliphatic heterocycles. The largest absolute Gasteiger partial charge is 0.481 e. The highest BCUT2D eigenvalue weighted by Crippen LogP contribution is 2.56. The van der Waals surface area contributed by atoms with Crippen LogP contribution in [0.1, 0.15) is 102 Å². The fourth-order valence-electron chi connectivity index (χ4n) is 9.27. The van der Waals surface area contributed by atoms with Crippen LogP contribution >= 0.6 is 67.8 Å². The van der Waals surface area contributed by atoms with Gasteiger partial charge < -0.3 is 10.0 Å². The van der Waals surface area contributed by atoms with E-state index < -0.39 is 68.9 Å². The van der Waals surface area contributed by atoms with Crippen molar-refractivity contribution in [1.29, 1.82) is 0 Å². The number of carboxylic acids is 1. The number of halogens is 3. The first-order valence-corrected chi connectivity index (χ1v) is 31.0. The molecule has 0 amide bonds. The molecule has 0 saturated carbocycles. The average molecular weight is 1350 g/mol. The summed E-state index contributed by atoms with van der Waals surface area (Å²) in [6.45, 7) is 8.38. The smallest absolute Gasteiger partial charge is 0.307 e. The fraction of sp³-hybridized carbons (Fsp3) is 0.500. The summed E-state index contributed by atoms with van der Waals surface area (Å²) in [6.07, 6.45) is 16.3. The van der Waals surface area contributed by atoms with Crippen LogP contribution in [0.4, 0.5) is 11.4 Å². The molecule has 67 heavy (non-hydrogen) atoms. The number of carboxylic acid groups (broad SMARTS) is 1. The van der Waals surface area contributed by atoms with E-state index in [9.17, 15) is 61.8 Å². The summed E-state index contributed by atoms with van der Waals surface area (Å²) in [6, 6.07) is 5.58. The lowest BCUT2D eigenvalue weighted by Crippen LogP contribution is -2.40. The Labute approximate surface area is 436 Å². The van der Waals surface area contributed by atoms with Gasteiger partial charge in [0, 0.05) is 63.7 Å². The maximum Gasteiger partial charge on any atom is 0.307 e. The van der Waals surface area contributed by atoms with E-state index in [4.69, 9.17) is 0 Å². The minimum Gasteiger partial charge on any atom is -0.481 e. The van der Waals surface area contributed by atoms with Gasteiger partial charge in [0.1, 0.15) is 11.4 Å². The molecule has 2 aromatic carbocycles. The van der Waals surface area contributed by atoms with E-state index in [1.165, 1.54) is 0 Å². The van der Waals surface area contributed by atoms with Crippen molar-refractivity contribution in [2.24, 2.45) is 5.92 Å². The van der Waals surface area contributed by atoms with Gasteiger partial charge in [0.2, 0.25) is 5.69 Å². The molecular formula is C44H58I3N2O14S4+. The quantitative estimate of drug-likeness (QED) is 0.0204. The van der Waals surface area contributed by atoms with Crippen LogP contribution in [-0.2, 0) is 56.1 Å². The topological polar surface area (TPSA) is 261 Å². The number of hydrogen-bond acceptors (Lipinski definition) is 10. The highest BCUT2D eigenvalue weighted by molar-refractivity contribution is 14.1. The van der Waals surface area contributed by atoms with E-state index in [1.807, 2.05) is 88.2 Å². The summed E-state index contributed by atoms with van der Waals surface area (Å²) in [5, 5.41) is 10.8. The van der Waals surface area contributed by atoms with Gasteiger partial charge >= 0.3 is 5.97 Å². The fourth-order valence-corrected chi connectivity index (χ4v) is 15.9. The molecule has 2 heterocycles. The number of allylic oxidation sites excluding steroid dienone is 8. The molecular weight excluding hydrogens is 1290 g/mol. The minimum absolute atomic E-state index is 0.0869. The lowest BCUT2D eigenvalue weighted by Gasteiger charge is -2.36. The Hall–Kier alpha value is -1.83. The van der Waals surface area contributed by atoms with Gasteiger partial charge in [-0.15, -0.1) is 0 Å². The second-order valence-corrected chi connectivity index (χ2v) is 26.6. The number of carbonyl (C=O) groups is 1. The highest BCUT2D eigenvalue weighted by atomic mass is 127. The third-order valence-corrected chi connectivity index (χ3v) is 19.5. The Morgan fingerprint density at radius 2 is 1.33 bits per heavy atom. The molecule has 0 radical (unpaired) electrons. The first kappa shape index (κ1) is 57.7. The van der Waals surface area contributed by atoms with Gasteiger partial charge in [-0.05, 0) is 151 Å². The maximum absolute atomic E-state index is 13.2. The molecule has 0 aliphatic carbocycles. The van der Waals surface area contributed by atoms with Crippen LogP contribution in [-0.4, -0.2) is 104 Å². The third-order valence-electron chi connectivity index (χ3n) is 12.3.